The van der Waals surface area contributed by atoms with Gasteiger partial charge in [0.25, 0.3) is 0 Å². The molecule has 0 spiro atoms. The average molecular weight is 319 g/mol. The van der Waals surface area contributed by atoms with Gasteiger partial charge in [0.15, 0.2) is 0 Å². The van der Waals surface area contributed by atoms with E-state index in [2.05, 4.69) is 5.32 Å². The van der Waals surface area contributed by atoms with Crippen LogP contribution in [0.4, 0.5) is 4.39 Å². The topological polar surface area (TPSA) is 38.3 Å². The predicted octanol–water partition coefficient (Wildman–Crippen LogP) is 3.71. The quantitative estimate of drug-likeness (QED) is 0.778. The van der Waals surface area contributed by atoms with Gasteiger partial charge >= 0.3 is 0 Å². The number of halogens is 1. The largest absolute Gasteiger partial charge is 0.378 e. The monoisotopic (exact) mass is 319 g/mol. The molecule has 2 aliphatic carbocycles. The summed E-state index contributed by atoms with van der Waals surface area (Å²) in [6, 6.07) is 6.32. The third kappa shape index (κ3) is 4.11. The summed E-state index contributed by atoms with van der Waals surface area (Å²) in [4.78, 5) is 12.4. The van der Waals surface area contributed by atoms with E-state index in [0.717, 1.165) is 24.8 Å². The highest BCUT2D eigenvalue weighted by Crippen LogP contribution is 2.48. The fourth-order valence-electron chi connectivity index (χ4n) is 3.47. The number of nitrogens with one attached hydrogen (secondary N) is 1. The summed E-state index contributed by atoms with van der Waals surface area (Å²) in [5.41, 5.74) is 0.507. The molecule has 4 heteroatoms. The molecule has 0 atom stereocenters. The molecule has 0 aliphatic heterocycles. The fourth-order valence-corrected chi connectivity index (χ4v) is 3.47. The van der Waals surface area contributed by atoms with E-state index in [9.17, 15) is 9.18 Å². The number of ether oxygens (including phenoxy) is 1. The third-order valence-corrected chi connectivity index (χ3v) is 5.09. The lowest BCUT2D eigenvalue weighted by molar-refractivity contribution is -0.123. The van der Waals surface area contributed by atoms with Crippen molar-refractivity contribution in [2.45, 2.75) is 62.9 Å². The van der Waals surface area contributed by atoms with Gasteiger partial charge in [-0.2, -0.15) is 0 Å². The zero-order valence-corrected chi connectivity index (χ0v) is 13.7. The maximum atomic E-state index is 13.0. The number of benzene rings is 1. The van der Waals surface area contributed by atoms with Gasteiger partial charge in [-0.1, -0.05) is 31.4 Å². The van der Waals surface area contributed by atoms with Crippen molar-refractivity contribution in [3.05, 3.63) is 35.6 Å². The van der Waals surface area contributed by atoms with Gasteiger partial charge in [0, 0.05) is 13.2 Å². The van der Waals surface area contributed by atoms with Crippen molar-refractivity contribution in [2.75, 3.05) is 13.2 Å². The predicted molar refractivity (Wildman–Crippen MR) is 87.8 cm³/mol. The Morgan fingerprint density at radius 2 is 1.87 bits per heavy atom. The Morgan fingerprint density at radius 3 is 2.52 bits per heavy atom. The molecule has 2 saturated carbocycles. The number of rotatable bonds is 7. The van der Waals surface area contributed by atoms with E-state index >= 15 is 0 Å². The first-order valence-corrected chi connectivity index (χ1v) is 8.87. The highest BCUT2D eigenvalue weighted by molar-refractivity contribution is 5.91. The molecule has 1 amide bonds. The van der Waals surface area contributed by atoms with E-state index in [4.69, 9.17) is 4.74 Å². The van der Waals surface area contributed by atoms with Crippen molar-refractivity contribution in [1.29, 1.82) is 0 Å². The molecule has 2 fully saturated rings. The van der Waals surface area contributed by atoms with Crippen LogP contribution >= 0.6 is 0 Å². The molecule has 0 unspecified atom stereocenters. The second-order valence-electron chi connectivity index (χ2n) is 6.83. The Hall–Kier alpha value is -1.42. The summed E-state index contributed by atoms with van der Waals surface area (Å²) in [7, 11) is 0. The maximum Gasteiger partial charge on any atom is 0.230 e. The smallest absolute Gasteiger partial charge is 0.230 e. The maximum absolute atomic E-state index is 13.0. The number of amides is 1. The van der Waals surface area contributed by atoms with Crippen LogP contribution in [0.3, 0.4) is 0 Å². The van der Waals surface area contributed by atoms with Gasteiger partial charge in [-0.25, -0.2) is 4.39 Å². The molecular formula is C19H26FNO2. The lowest BCUT2D eigenvalue weighted by Gasteiger charge is -2.22. The zero-order chi connectivity index (χ0) is 16.1. The summed E-state index contributed by atoms with van der Waals surface area (Å²) in [6.07, 6.45) is 9.23. The van der Waals surface area contributed by atoms with Crippen LogP contribution in [0, 0.1) is 5.82 Å². The third-order valence-electron chi connectivity index (χ3n) is 5.09. The normalized spacial score (nSPS) is 20.2. The highest BCUT2D eigenvalue weighted by atomic mass is 19.1. The average Bonchev–Trinajstić information content (AvgIpc) is 3.38. The van der Waals surface area contributed by atoms with Crippen LogP contribution in [0.25, 0.3) is 0 Å². The molecule has 1 aromatic rings. The number of hydrogen-bond donors (Lipinski definition) is 1. The Balaban J connectivity index is 1.38. The van der Waals surface area contributed by atoms with Crippen LogP contribution in [0.15, 0.2) is 24.3 Å². The zero-order valence-electron chi connectivity index (χ0n) is 13.7. The lowest BCUT2D eigenvalue weighted by atomic mass is 9.95. The van der Waals surface area contributed by atoms with E-state index < -0.39 is 5.41 Å². The van der Waals surface area contributed by atoms with Gasteiger partial charge in [-0.15, -0.1) is 0 Å². The molecule has 1 N–H and O–H groups in total. The Kier molecular flexibility index (Phi) is 5.31. The second-order valence-corrected chi connectivity index (χ2v) is 6.83. The standard InChI is InChI=1S/C19H26FNO2/c20-16-9-7-15(8-10-16)19(11-12-19)18(22)21-13-4-14-23-17-5-2-1-3-6-17/h7-10,17H,1-6,11-14H2,(H,21,22). The van der Waals surface area contributed by atoms with Gasteiger partial charge < -0.3 is 10.1 Å². The Labute approximate surface area is 137 Å². The van der Waals surface area contributed by atoms with Crippen molar-refractivity contribution >= 4 is 5.91 Å². The van der Waals surface area contributed by atoms with Crippen molar-refractivity contribution in [3.63, 3.8) is 0 Å². The summed E-state index contributed by atoms with van der Waals surface area (Å²) in [5.74, 6) is -0.188. The molecule has 2 aliphatic rings. The first-order chi connectivity index (χ1) is 11.2. The molecule has 23 heavy (non-hydrogen) atoms. The minimum atomic E-state index is -0.419. The first-order valence-electron chi connectivity index (χ1n) is 8.87. The summed E-state index contributed by atoms with van der Waals surface area (Å²) >= 11 is 0. The summed E-state index contributed by atoms with van der Waals surface area (Å²) < 4.78 is 18.9. The molecule has 1 aromatic carbocycles. The molecule has 0 bridgehead atoms. The van der Waals surface area contributed by atoms with Crippen LogP contribution in [-0.2, 0) is 14.9 Å². The second kappa shape index (κ2) is 7.43. The van der Waals surface area contributed by atoms with Gasteiger partial charge in [0.1, 0.15) is 5.82 Å². The Morgan fingerprint density at radius 1 is 1.17 bits per heavy atom. The molecule has 126 valence electrons. The first kappa shape index (κ1) is 16.4. The molecule has 0 radical (unpaired) electrons. The van der Waals surface area contributed by atoms with Gasteiger partial charge in [-0.3, -0.25) is 4.79 Å². The lowest BCUT2D eigenvalue weighted by Crippen LogP contribution is -2.35. The summed E-state index contributed by atoms with van der Waals surface area (Å²) in [6.45, 7) is 1.36. The van der Waals surface area contributed by atoms with E-state index in [1.165, 1.54) is 44.2 Å². The molecule has 3 rings (SSSR count). The van der Waals surface area contributed by atoms with Gasteiger partial charge in [-0.05, 0) is 49.8 Å². The van der Waals surface area contributed by atoms with Crippen molar-refractivity contribution < 1.29 is 13.9 Å². The van der Waals surface area contributed by atoms with Crippen molar-refractivity contribution in [1.82, 2.24) is 5.32 Å². The van der Waals surface area contributed by atoms with Crippen molar-refractivity contribution in [2.24, 2.45) is 0 Å². The molecular weight excluding hydrogens is 293 g/mol. The Bertz CT molecular complexity index is 519. The van der Waals surface area contributed by atoms with Crippen LogP contribution in [0.5, 0.6) is 0 Å². The number of carbonyl (C=O) groups is 1. The van der Waals surface area contributed by atoms with Crippen LogP contribution < -0.4 is 5.32 Å². The van der Waals surface area contributed by atoms with Gasteiger partial charge in [0.05, 0.1) is 11.5 Å². The van der Waals surface area contributed by atoms with E-state index in [0.29, 0.717) is 19.3 Å². The van der Waals surface area contributed by atoms with Gasteiger partial charge in [0.2, 0.25) is 5.91 Å². The van der Waals surface area contributed by atoms with Crippen LogP contribution in [0.2, 0.25) is 0 Å². The van der Waals surface area contributed by atoms with Crippen LogP contribution in [0.1, 0.15) is 56.9 Å². The summed E-state index contributed by atoms with van der Waals surface area (Å²) in [5, 5.41) is 3.02. The van der Waals surface area contributed by atoms with Crippen molar-refractivity contribution in [3.8, 4) is 0 Å². The molecule has 3 nitrogen and oxygen atoms in total. The molecule has 0 aromatic heterocycles. The van der Waals surface area contributed by atoms with E-state index in [-0.39, 0.29) is 11.7 Å². The van der Waals surface area contributed by atoms with E-state index in [1.54, 1.807) is 12.1 Å². The number of hydrogen-bond acceptors (Lipinski definition) is 2. The van der Waals surface area contributed by atoms with Crippen LogP contribution in [-0.4, -0.2) is 25.2 Å². The molecule has 0 heterocycles. The van der Waals surface area contributed by atoms with E-state index in [1.807, 2.05) is 0 Å². The fraction of sp³-hybridized carbons (Fsp3) is 0.632. The SMILES string of the molecule is O=C(NCCCOC1CCCCC1)C1(c2ccc(F)cc2)CC1. The molecule has 0 saturated heterocycles. The number of carbonyl (C=O) groups excluding carboxylic acids is 1. The highest BCUT2D eigenvalue weighted by Gasteiger charge is 2.50. The minimum absolute atomic E-state index is 0.0711. The minimum Gasteiger partial charge on any atom is -0.378 e.